The minimum atomic E-state index is 0.0197. The van der Waals surface area contributed by atoms with Crippen LogP contribution in [0.15, 0.2) is 0 Å². The van der Waals surface area contributed by atoms with Crippen molar-refractivity contribution in [2.45, 2.75) is 45.3 Å². The fourth-order valence-corrected chi connectivity index (χ4v) is 1.83. The van der Waals surface area contributed by atoms with Crippen molar-refractivity contribution in [3.63, 3.8) is 0 Å². The van der Waals surface area contributed by atoms with Gasteiger partial charge in [-0.05, 0) is 19.8 Å². The van der Waals surface area contributed by atoms with Crippen molar-refractivity contribution in [3.05, 3.63) is 11.4 Å². The Labute approximate surface area is 77.6 Å². The summed E-state index contributed by atoms with van der Waals surface area (Å²) < 4.78 is 1.91. The molecule has 4 nitrogen and oxygen atoms in total. The molecular weight excluding hydrogens is 166 g/mol. The van der Waals surface area contributed by atoms with E-state index < -0.39 is 0 Å². The van der Waals surface area contributed by atoms with Crippen molar-refractivity contribution in [1.29, 1.82) is 0 Å². The average Bonchev–Trinajstić information content (AvgIpc) is 2.45. The first-order valence-electron chi connectivity index (χ1n) is 4.90. The van der Waals surface area contributed by atoms with E-state index in [4.69, 9.17) is 5.11 Å². The van der Waals surface area contributed by atoms with Crippen molar-refractivity contribution < 1.29 is 5.11 Å². The first kappa shape index (κ1) is 8.69. The number of aliphatic hydroxyl groups is 1. The Kier molecular flexibility index (Phi) is 2.31. The third-order valence-electron chi connectivity index (χ3n) is 2.79. The van der Waals surface area contributed by atoms with Gasteiger partial charge < -0.3 is 5.11 Å². The Balaban J connectivity index is 2.31. The molecule has 1 aliphatic carbocycles. The molecule has 1 fully saturated rings. The number of aliphatic hydroxyl groups excluding tert-OH is 1. The van der Waals surface area contributed by atoms with Gasteiger partial charge in [-0.25, -0.2) is 4.68 Å². The Bertz CT molecular complexity index is 270. The minimum absolute atomic E-state index is 0.0197. The molecule has 1 aliphatic rings. The minimum Gasteiger partial charge on any atom is -0.390 e. The van der Waals surface area contributed by atoms with E-state index in [9.17, 15) is 0 Å². The molecule has 0 spiro atoms. The molecule has 0 atom stereocenters. The molecule has 2 rings (SSSR count). The summed E-state index contributed by atoms with van der Waals surface area (Å²) in [5, 5.41) is 17.1. The van der Waals surface area contributed by atoms with Gasteiger partial charge in [0.05, 0.1) is 12.3 Å². The maximum Gasteiger partial charge on any atom is 0.112 e. The zero-order valence-electron chi connectivity index (χ0n) is 7.90. The van der Waals surface area contributed by atoms with Crippen LogP contribution in [0.4, 0.5) is 0 Å². The Morgan fingerprint density at radius 2 is 2.31 bits per heavy atom. The van der Waals surface area contributed by atoms with Crippen molar-refractivity contribution in [2.75, 3.05) is 0 Å². The van der Waals surface area contributed by atoms with Gasteiger partial charge in [-0.3, -0.25) is 0 Å². The average molecular weight is 181 g/mol. The van der Waals surface area contributed by atoms with Gasteiger partial charge >= 0.3 is 0 Å². The van der Waals surface area contributed by atoms with Gasteiger partial charge in [0.25, 0.3) is 0 Å². The molecule has 1 aromatic rings. The highest BCUT2D eigenvalue weighted by molar-refractivity contribution is 5.17. The fourth-order valence-electron chi connectivity index (χ4n) is 1.83. The normalized spacial score (nSPS) is 17.4. The smallest absolute Gasteiger partial charge is 0.112 e. The van der Waals surface area contributed by atoms with Crippen LogP contribution in [0, 0.1) is 0 Å². The molecule has 0 radical (unpaired) electrons. The van der Waals surface area contributed by atoms with Crippen LogP contribution in [0.2, 0.25) is 0 Å². The van der Waals surface area contributed by atoms with Crippen LogP contribution in [0.3, 0.4) is 0 Å². The van der Waals surface area contributed by atoms with Crippen LogP contribution < -0.4 is 0 Å². The van der Waals surface area contributed by atoms with Crippen LogP contribution in [0.5, 0.6) is 0 Å². The summed E-state index contributed by atoms with van der Waals surface area (Å²) >= 11 is 0. The van der Waals surface area contributed by atoms with Gasteiger partial charge in [-0.15, -0.1) is 5.10 Å². The van der Waals surface area contributed by atoms with E-state index in [1.54, 1.807) is 0 Å². The van der Waals surface area contributed by atoms with Crippen molar-refractivity contribution >= 4 is 0 Å². The highest BCUT2D eigenvalue weighted by Gasteiger charge is 2.26. The lowest BCUT2D eigenvalue weighted by Crippen LogP contribution is -2.16. The monoisotopic (exact) mass is 181 g/mol. The molecule has 4 heteroatoms. The second kappa shape index (κ2) is 3.46. The summed E-state index contributed by atoms with van der Waals surface area (Å²) in [4.78, 5) is 0. The predicted octanol–water partition coefficient (Wildman–Crippen LogP) is 1.06. The number of rotatable bonds is 3. The van der Waals surface area contributed by atoms with Gasteiger partial charge in [0.15, 0.2) is 0 Å². The third-order valence-corrected chi connectivity index (χ3v) is 2.79. The molecular formula is C9H15N3O. The highest BCUT2D eigenvalue weighted by Crippen LogP contribution is 2.37. The van der Waals surface area contributed by atoms with Crippen molar-refractivity contribution in [2.24, 2.45) is 0 Å². The van der Waals surface area contributed by atoms with Gasteiger partial charge in [0.2, 0.25) is 0 Å². The Morgan fingerprint density at radius 1 is 1.54 bits per heavy atom. The highest BCUT2D eigenvalue weighted by atomic mass is 16.3. The maximum absolute atomic E-state index is 9.08. The van der Waals surface area contributed by atoms with E-state index in [2.05, 4.69) is 17.2 Å². The lowest BCUT2D eigenvalue weighted by molar-refractivity contribution is 0.271. The summed E-state index contributed by atoms with van der Waals surface area (Å²) in [6.07, 6.45) is 3.74. The van der Waals surface area contributed by atoms with Gasteiger partial charge in [0, 0.05) is 12.5 Å². The predicted molar refractivity (Wildman–Crippen MR) is 48.2 cm³/mol. The van der Waals surface area contributed by atoms with E-state index in [-0.39, 0.29) is 6.61 Å². The molecule has 0 amide bonds. The Hall–Kier alpha value is -0.900. The largest absolute Gasteiger partial charge is 0.390 e. The number of hydrogen-bond acceptors (Lipinski definition) is 3. The maximum atomic E-state index is 9.08. The first-order chi connectivity index (χ1) is 6.36. The van der Waals surface area contributed by atoms with Gasteiger partial charge in [0.1, 0.15) is 5.69 Å². The molecule has 0 aliphatic heterocycles. The summed E-state index contributed by atoms with van der Waals surface area (Å²) in [7, 11) is 0. The molecule has 0 aromatic carbocycles. The summed E-state index contributed by atoms with van der Waals surface area (Å²) in [5.41, 5.74) is 1.93. The zero-order chi connectivity index (χ0) is 9.26. The molecule has 72 valence electrons. The molecule has 0 unspecified atom stereocenters. The SMILES string of the molecule is CCn1nnc(CO)c1C1CCC1. The van der Waals surface area contributed by atoms with E-state index in [1.165, 1.54) is 19.3 Å². The second-order valence-electron chi connectivity index (χ2n) is 3.52. The lowest BCUT2D eigenvalue weighted by Gasteiger charge is -2.26. The van der Waals surface area contributed by atoms with Gasteiger partial charge in [-0.2, -0.15) is 0 Å². The molecule has 13 heavy (non-hydrogen) atoms. The molecule has 1 aromatic heterocycles. The molecule has 1 heterocycles. The van der Waals surface area contributed by atoms with Crippen molar-refractivity contribution in [1.82, 2.24) is 15.0 Å². The van der Waals surface area contributed by atoms with E-state index in [0.29, 0.717) is 5.92 Å². The summed E-state index contributed by atoms with van der Waals surface area (Å²) in [5.74, 6) is 0.595. The van der Waals surface area contributed by atoms with E-state index >= 15 is 0 Å². The van der Waals surface area contributed by atoms with Crippen LogP contribution in [-0.4, -0.2) is 20.1 Å². The van der Waals surface area contributed by atoms with Crippen LogP contribution in [0.25, 0.3) is 0 Å². The van der Waals surface area contributed by atoms with Crippen LogP contribution in [0.1, 0.15) is 43.5 Å². The lowest BCUT2D eigenvalue weighted by atomic mass is 9.82. The fraction of sp³-hybridized carbons (Fsp3) is 0.778. The molecule has 1 N–H and O–H groups in total. The topological polar surface area (TPSA) is 50.9 Å². The van der Waals surface area contributed by atoms with Crippen LogP contribution >= 0.6 is 0 Å². The number of aryl methyl sites for hydroxylation is 1. The van der Waals surface area contributed by atoms with E-state index in [1.807, 2.05) is 4.68 Å². The number of hydrogen-bond donors (Lipinski definition) is 1. The molecule has 0 bridgehead atoms. The first-order valence-corrected chi connectivity index (χ1v) is 4.90. The molecule has 1 saturated carbocycles. The summed E-state index contributed by atoms with van der Waals surface area (Å²) in [6, 6.07) is 0. The summed E-state index contributed by atoms with van der Waals surface area (Å²) in [6.45, 7) is 2.92. The third kappa shape index (κ3) is 1.35. The number of aromatic nitrogens is 3. The van der Waals surface area contributed by atoms with Gasteiger partial charge in [-0.1, -0.05) is 11.6 Å². The van der Waals surface area contributed by atoms with E-state index in [0.717, 1.165) is 17.9 Å². The second-order valence-corrected chi connectivity index (χ2v) is 3.52. The molecule has 0 saturated heterocycles. The quantitative estimate of drug-likeness (QED) is 0.758. The zero-order valence-corrected chi connectivity index (χ0v) is 7.90. The standard InChI is InChI=1S/C9H15N3O/c1-2-12-9(7-4-3-5-7)8(6-13)10-11-12/h7,13H,2-6H2,1H3. The van der Waals surface area contributed by atoms with Crippen LogP contribution in [-0.2, 0) is 13.2 Å². The Morgan fingerprint density at radius 3 is 2.77 bits per heavy atom. The van der Waals surface area contributed by atoms with Crippen molar-refractivity contribution in [3.8, 4) is 0 Å². The number of nitrogens with zero attached hydrogens (tertiary/aromatic N) is 3.